The van der Waals surface area contributed by atoms with E-state index in [9.17, 15) is 14.9 Å². The molecule has 0 atom stereocenters. The molecule has 6 rings (SSSR count). The van der Waals surface area contributed by atoms with Gasteiger partial charge in [-0.25, -0.2) is 4.98 Å². The maximum atomic E-state index is 13.6. The molecule has 0 N–H and O–H groups in total. The first-order valence-corrected chi connectivity index (χ1v) is 14.4. The summed E-state index contributed by atoms with van der Waals surface area (Å²) in [6, 6.07) is 19.9. The Hall–Kier alpha value is -4.02. The average Bonchev–Trinajstić information content (AvgIpc) is 3.70. The largest absolute Gasteiger partial charge is 0.457 e. The molecule has 10 heteroatoms. The topological polar surface area (TPSA) is 102 Å². The number of nitro groups is 1. The van der Waals surface area contributed by atoms with Crippen molar-refractivity contribution in [3.8, 4) is 22.6 Å². The summed E-state index contributed by atoms with van der Waals surface area (Å²) >= 11 is 2.80. The first-order valence-electron chi connectivity index (χ1n) is 12.7. The van der Waals surface area contributed by atoms with Crippen LogP contribution in [0.25, 0.3) is 28.7 Å². The van der Waals surface area contributed by atoms with Crippen molar-refractivity contribution in [1.82, 2.24) is 9.88 Å². The number of amidine groups is 1. The molecule has 39 heavy (non-hydrogen) atoms. The first-order chi connectivity index (χ1) is 19.0. The Balaban J connectivity index is 1.29. The summed E-state index contributed by atoms with van der Waals surface area (Å²) in [6.07, 6.45) is 7.03. The first kappa shape index (κ1) is 25.3. The van der Waals surface area contributed by atoms with Gasteiger partial charge in [-0.05, 0) is 48.9 Å². The number of thioether (sulfide) groups is 1. The Morgan fingerprint density at radius 2 is 1.77 bits per heavy atom. The van der Waals surface area contributed by atoms with Crippen LogP contribution in [-0.2, 0) is 4.79 Å². The van der Waals surface area contributed by atoms with Gasteiger partial charge >= 0.3 is 0 Å². The Morgan fingerprint density at radius 1 is 1.00 bits per heavy atom. The molecular formula is C29H24N4O4S2. The third-order valence-corrected chi connectivity index (χ3v) is 8.51. The summed E-state index contributed by atoms with van der Waals surface area (Å²) in [5, 5.41) is 14.2. The summed E-state index contributed by atoms with van der Waals surface area (Å²) in [6.45, 7) is 0. The van der Waals surface area contributed by atoms with E-state index in [1.54, 1.807) is 30.3 Å². The number of hydrogen-bond donors (Lipinski definition) is 0. The number of aromatic nitrogens is 1. The van der Waals surface area contributed by atoms with Gasteiger partial charge in [0.05, 0.1) is 15.5 Å². The molecule has 4 aromatic rings. The number of carbonyl (C=O) groups excluding carboxylic acids is 1. The van der Waals surface area contributed by atoms with E-state index in [-0.39, 0.29) is 17.6 Å². The third-order valence-electron chi connectivity index (χ3n) is 6.79. The van der Waals surface area contributed by atoms with Gasteiger partial charge < -0.3 is 4.42 Å². The Morgan fingerprint density at radius 3 is 2.51 bits per heavy atom. The molecule has 1 amide bonds. The van der Waals surface area contributed by atoms with Crippen LogP contribution in [0.5, 0.6) is 0 Å². The van der Waals surface area contributed by atoms with Gasteiger partial charge in [0.2, 0.25) is 5.13 Å². The van der Waals surface area contributed by atoms with Crippen LogP contribution in [-0.4, -0.2) is 31.9 Å². The van der Waals surface area contributed by atoms with Gasteiger partial charge in [0.1, 0.15) is 11.5 Å². The molecule has 2 aliphatic rings. The fourth-order valence-corrected chi connectivity index (χ4v) is 6.60. The van der Waals surface area contributed by atoms with Crippen LogP contribution in [0.15, 0.2) is 86.4 Å². The number of carbonyl (C=O) groups is 1. The highest BCUT2D eigenvalue weighted by Crippen LogP contribution is 2.40. The number of nitro benzene ring substituents is 1. The lowest BCUT2D eigenvalue weighted by atomic mass is 9.94. The highest BCUT2D eigenvalue weighted by molar-refractivity contribution is 8.18. The van der Waals surface area contributed by atoms with Crippen molar-refractivity contribution in [2.45, 2.75) is 38.1 Å². The summed E-state index contributed by atoms with van der Waals surface area (Å²) in [4.78, 5) is 36.1. The van der Waals surface area contributed by atoms with Crippen LogP contribution in [0.3, 0.4) is 0 Å². The molecule has 0 spiro atoms. The molecule has 2 aromatic carbocycles. The van der Waals surface area contributed by atoms with E-state index >= 15 is 0 Å². The number of thiazole rings is 1. The van der Waals surface area contributed by atoms with E-state index in [0.29, 0.717) is 26.7 Å². The van der Waals surface area contributed by atoms with Gasteiger partial charge in [0.25, 0.3) is 11.6 Å². The predicted octanol–water partition coefficient (Wildman–Crippen LogP) is 7.92. The zero-order valence-corrected chi connectivity index (χ0v) is 22.5. The van der Waals surface area contributed by atoms with Gasteiger partial charge in [-0.2, -0.15) is 4.99 Å². The SMILES string of the molecule is O=C1/C(=C\c2ccc(-c3ccc([N+](=O)[O-])cc3)o2)S/C(=N/c2nc(-c3ccccc3)cs2)N1C1CCCCC1. The zero-order valence-electron chi connectivity index (χ0n) is 20.9. The van der Waals surface area contributed by atoms with Crippen LogP contribution >= 0.6 is 23.1 Å². The second-order valence-electron chi connectivity index (χ2n) is 9.36. The molecule has 2 fully saturated rings. The van der Waals surface area contributed by atoms with Crippen LogP contribution in [0.4, 0.5) is 10.8 Å². The molecule has 1 aliphatic carbocycles. The minimum Gasteiger partial charge on any atom is -0.457 e. The van der Waals surface area contributed by atoms with Crippen LogP contribution in [0, 0.1) is 10.1 Å². The van der Waals surface area contributed by atoms with Crippen molar-refractivity contribution in [2.24, 2.45) is 4.99 Å². The van der Waals surface area contributed by atoms with Crippen LogP contribution in [0.1, 0.15) is 37.9 Å². The summed E-state index contributed by atoms with van der Waals surface area (Å²) in [7, 11) is 0. The molecule has 0 unspecified atom stereocenters. The van der Waals surface area contributed by atoms with Crippen molar-refractivity contribution in [3.05, 3.63) is 92.9 Å². The second-order valence-corrected chi connectivity index (χ2v) is 11.2. The monoisotopic (exact) mass is 556 g/mol. The molecule has 1 saturated heterocycles. The Kier molecular flexibility index (Phi) is 7.12. The summed E-state index contributed by atoms with van der Waals surface area (Å²) in [5.41, 5.74) is 2.64. The third kappa shape index (κ3) is 5.43. The number of amides is 1. The minimum absolute atomic E-state index is 0.0198. The number of benzene rings is 2. The highest BCUT2D eigenvalue weighted by atomic mass is 32.2. The van der Waals surface area contributed by atoms with Gasteiger partial charge in [0, 0.05) is 40.8 Å². The number of nitrogens with zero attached hydrogens (tertiary/aromatic N) is 4. The van der Waals surface area contributed by atoms with Crippen molar-refractivity contribution < 1.29 is 14.1 Å². The number of furan rings is 1. The highest BCUT2D eigenvalue weighted by Gasteiger charge is 2.39. The predicted molar refractivity (Wildman–Crippen MR) is 155 cm³/mol. The van der Waals surface area contributed by atoms with Gasteiger partial charge in [-0.1, -0.05) is 49.6 Å². The number of hydrogen-bond acceptors (Lipinski definition) is 8. The lowest BCUT2D eigenvalue weighted by Gasteiger charge is -2.30. The van der Waals surface area contributed by atoms with Crippen molar-refractivity contribution in [1.29, 1.82) is 0 Å². The van der Waals surface area contributed by atoms with Gasteiger partial charge in [-0.15, -0.1) is 11.3 Å². The number of aliphatic imine (C=N–C) groups is 1. The normalized spacial score (nSPS) is 18.4. The maximum absolute atomic E-state index is 13.6. The van der Waals surface area contributed by atoms with Crippen molar-refractivity contribution in [3.63, 3.8) is 0 Å². The van der Waals surface area contributed by atoms with E-state index in [1.165, 1.54) is 41.7 Å². The molecule has 2 aromatic heterocycles. The van der Waals surface area contributed by atoms with Crippen LogP contribution < -0.4 is 0 Å². The van der Waals surface area contributed by atoms with E-state index in [4.69, 9.17) is 14.4 Å². The molecule has 3 heterocycles. The van der Waals surface area contributed by atoms with Crippen molar-refractivity contribution >= 4 is 51.1 Å². The molecule has 1 saturated carbocycles. The smallest absolute Gasteiger partial charge is 0.269 e. The fourth-order valence-electron chi connectivity index (χ4n) is 4.83. The van der Waals surface area contributed by atoms with E-state index in [0.717, 1.165) is 42.5 Å². The summed E-state index contributed by atoms with van der Waals surface area (Å²) in [5.74, 6) is 1.03. The second kappa shape index (κ2) is 11.0. The Labute approximate surface area is 233 Å². The number of non-ortho nitro benzene ring substituents is 1. The zero-order chi connectivity index (χ0) is 26.8. The van der Waals surface area contributed by atoms with Crippen LogP contribution in [0.2, 0.25) is 0 Å². The van der Waals surface area contributed by atoms with E-state index in [2.05, 4.69) is 0 Å². The summed E-state index contributed by atoms with van der Waals surface area (Å²) < 4.78 is 5.99. The molecule has 0 radical (unpaired) electrons. The van der Waals surface area contributed by atoms with Gasteiger partial charge in [-0.3, -0.25) is 19.8 Å². The van der Waals surface area contributed by atoms with E-state index in [1.807, 2.05) is 40.6 Å². The average molecular weight is 557 g/mol. The number of rotatable bonds is 6. The molecule has 0 bridgehead atoms. The fraction of sp³-hybridized carbons (Fsp3) is 0.207. The standard InChI is InChI=1S/C29H24N4O4S2/c34-27-26(17-23-15-16-25(37-23)20-11-13-22(14-12-20)33(35)36)39-29(32(27)21-9-5-2-6-10-21)31-28-30-24(18-38-28)19-7-3-1-4-8-19/h1,3-4,7-8,11-18,21H,2,5-6,9-10H2/b26-17+,31-29+. The minimum atomic E-state index is -0.434. The van der Waals surface area contributed by atoms with Gasteiger partial charge in [0.15, 0.2) is 5.17 Å². The van der Waals surface area contributed by atoms with Crippen molar-refractivity contribution in [2.75, 3.05) is 0 Å². The lowest BCUT2D eigenvalue weighted by Crippen LogP contribution is -2.40. The Bertz CT molecular complexity index is 1570. The molecule has 196 valence electrons. The van der Waals surface area contributed by atoms with E-state index < -0.39 is 4.92 Å². The molecule has 1 aliphatic heterocycles. The maximum Gasteiger partial charge on any atom is 0.269 e. The molecular weight excluding hydrogens is 532 g/mol. The lowest BCUT2D eigenvalue weighted by molar-refractivity contribution is -0.384. The quantitative estimate of drug-likeness (QED) is 0.136. The molecule has 8 nitrogen and oxygen atoms in total.